The fourth-order valence-corrected chi connectivity index (χ4v) is 3.12. The van der Waals surface area contributed by atoms with Crippen molar-refractivity contribution in [2.75, 3.05) is 12.3 Å². The number of carbonyl (C=O) groups is 2. The summed E-state index contributed by atoms with van der Waals surface area (Å²) in [6.07, 6.45) is 5.77. The Bertz CT molecular complexity index is 911. The van der Waals surface area contributed by atoms with Crippen LogP contribution in [0.3, 0.4) is 0 Å². The van der Waals surface area contributed by atoms with Gasteiger partial charge in [-0.1, -0.05) is 18.7 Å². The zero-order valence-corrected chi connectivity index (χ0v) is 16.1. The summed E-state index contributed by atoms with van der Waals surface area (Å²) in [5.41, 5.74) is 0.803. The fourth-order valence-electron chi connectivity index (χ4n) is 2.38. The fraction of sp³-hybridized carbons (Fsp3) is 0.278. The number of nitrogens with one attached hydrogen (secondary N) is 2. The van der Waals surface area contributed by atoms with Crippen molar-refractivity contribution in [3.05, 3.63) is 48.7 Å². The zero-order valence-electron chi connectivity index (χ0n) is 15.3. The van der Waals surface area contributed by atoms with E-state index in [1.54, 1.807) is 24.7 Å². The number of urea groups is 1. The molecule has 0 spiro atoms. The van der Waals surface area contributed by atoms with Gasteiger partial charge in [0.2, 0.25) is 5.91 Å². The third-order valence-corrected chi connectivity index (χ3v) is 4.62. The summed E-state index contributed by atoms with van der Waals surface area (Å²) in [6, 6.07) is 6.86. The summed E-state index contributed by atoms with van der Waals surface area (Å²) >= 11 is 1.19. The Morgan fingerprint density at radius 2 is 2.14 bits per heavy atom. The molecule has 146 valence electrons. The smallest absolute Gasteiger partial charge is 0.321 e. The first-order chi connectivity index (χ1) is 13.7. The molecule has 3 heterocycles. The molecule has 0 saturated carbocycles. The molecular formula is C18H20N6O3S. The number of nitrogens with zero attached hydrogens (tertiary/aromatic N) is 4. The number of rotatable bonds is 8. The van der Waals surface area contributed by atoms with Crippen LogP contribution < -0.4 is 10.6 Å². The van der Waals surface area contributed by atoms with Crippen LogP contribution in [0.4, 0.5) is 4.79 Å². The van der Waals surface area contributed by atoms with Crippen molar-refractivity contribution in [3.8, 4) is 11.4 Å². The van der Waals surface area contributed by atoms with Crippen LogP contribution in [0.5, 0.6) is 0 Å². The molecule has 0 atom stereocenters. The van der Waals surface area contributed by atoms with E-state index in [-0.39, 0.29) is 5.75 Å². The number of pyridine rings is 1. The lowest BCUT2D eigenvalue weighted by Crippen LogP contribution is -2.40. The monoisotopic (exact) mass is 400 g/mol. The molecule has 0 bridgehead atoms. The summed E-state index contributed by atoms with van der Waals surface area (Å²) in [5.74, 6) is 0.973. The molecule has 0 fully saturated rings. The lowest BCUT2D eigenvalue weighted by molar-refractivity contribution is -0.117. The number of imide groups is 1. The first-order valence-electron chi connectivity index (χ1n) is 8.74. The van der Waals surface area contributed by atoms with Gasteiger partial charge in [-0.3, -0.25) is 19.7 Å². The van der Waals surface area contributed by atoms with Gasteiger partial charge in [-0.2, -0.15) is 0 Å². The van der Waals surface area contributed by atoms with E-state index < -0.39 is 11.9 Å². The van der Waals surface area contributed by atoms with Gasteiger partial charge in [-0.15, -0.1) is 10.2 Å². The van der Waals surface area contributed by atoms with Gasteiger partial charge in [0.25, 0.3) is 0 Å². The van der Waals surface area contributed by atoms with Gasteiger partial charge in [0.15, 0.2) is 11.0 Å². The number of amides is 3. The van der Waals surface area contributed by atoms with Crippen LogP contribution in [0.15, 0.2) is 52.5 Å². The summed E-state index contributed by atoms with van der Waals surface area (Å²) in [5, 5.41) is 13.9. The topological polar surface area (TPSA) is 115 Å². The van der Waals surface area contributed by atoms with Crippen molar-refractivity contribution < 1.29 is 14.0 Å². The molecule has 3 aromatic heterocycles. The number of aromatic nitrogens is 4. The van der Waals surface area contributed by atoms with Crippen molar-refractivity contribution in [2.45, 2.75) is 25.0 Å². The minimum Gasteiger partial charge on any atom is -0.467 e. The third-order valence-electron chi connectivity index (χ3n) is 3.65. The molecule has 0 aliphatic heterocycles. The van der Waals surface area contributed by atoms with Crippen LogP contribution >= 0.6 is 11.8 Å². The minimum atomic E-state index is -0.499. The van der Waals surface area contributed by atoms with Crippen molar-refractivity contribution in [1.82, 2.24) is 30.4 Å². The number of carbonyl (C=O) groups excluding carboxylic acids is 2. The van der Waals surface area contributed by atoms with Crippen LogP contribution in [0.1, 0.15) is 19.1 Å². The van der Waals surface area contributed by atoms with E-state index in [2.05, 4.69) is 25.8 Å². The van der Waals surface area contributed by atoms with E-state index in [1.165, 1.54) is 11.8 Å². The van der Waals surface area contributed by atoms with Crippen LogP contribution in [0.2, 0.25) is 0 Å². The number of furan rings is 1. The molecule has 0 aromatic carbocycles. The Hall–Kier alpha value is -3.14. The van der Waals surface area contributed by atoms with Crippen molar-refractivity contribution >= 4 is 23.7 Å². The van der Waals surface area contributed by atoms with Gasteiger partial charge in [0.1, 0.15) is 5.76 Å². The molecular weight excluding hydrogens is 380 g/mol. The normalized spacial score (nSPS) is 10.6. The number of hydrogen-bond acceptors (Lipinski definition) is 7. The van der Waals surface area contributed by atoms with Crippen LogP contribution in [0, 0.1) is 0 Å². The summed E-state index contributed by atoms with van der Waals surface area (Å²) in [7, 11) is 0. The van der Waals surface area contributed by atoms with Gasteiger partial charge in [0, 0.05) is 24.5 Å². The Kier molecular flexibility index (Phi) is 6.79. The molecule has 3 aromatic rings. The number of hydrogen-bond donors (Lipinski definition) is 2. The quantitative estimate of drug-likeness (QED) is 0.558. The molecule has 0 radical (unpaired) electrons. The summed E-state index contributed by atoms with van der Waals surface area (Å²) in [6.45, 7) is 2.85. The van der Waals surface area contributed by atoms with Crippen LogP contribution in [-0.2, 0) is 11.3 Å². The molecule has 0 aliphatic carbocycles. The molecule has 10 heteroatoms. The SMILES string of the molecule is CCCNC(=O)NC(=O)CSc1nnc(-c2cccnc2)n1Cc1ccco1. The molecule has 0 saturated heterocycles. The molecule has 9 nitrogen and oxygen atoms in total. The van der Waals surface area contributed by atoms with Gasteiger partial charge >= 0.3 is 6.03 Å². The largest absolute Gasteiger partial charge is 0.467 e. The lowest BCUT2D eigenvalue weighted by Gasteiger charge is -2.09. The third kappa shape index (κ3) is 5.19. The van der Waals surface area contributed by atoms with E-state index in [0.717, 1.165) is 17.7 Å². The Balaban J connectivity index is 1.72. The highest BCUT2D eigenvalue weighted by molar-refractivity contribution is 7.99. The molecule has 3 amide bonds. The van der Waals surface area contributed by atoms with E-state index in [9.17, 15) is 9.59 Å². The van der Waals surface area contributed by atoms with E-state index >= 15 is 0 Å². The Labute approximate surface area is 165 Å². The zero-order chi connectivity index (χ0) is 19.8. The van der Waals surface area contributed by atoms with Crippen LogP contribution in [0.25, 0.3) is 11.4 Å². The van der Waals surface area contributed by atoms with Gasteiger partial charge in [-0.25, -0.2) is 4.79 Å². The summed E-state index contributed by atoms with van der Waals surface area (Å²) < 4.78 is 7.29. The molecule has 0 unspecified atom stereocenters. The molecule has 2 N–H and O–H groups in total. The van der Waals surface area contributed by atoms with Crippen LogP contribution in [-0.4, -0.2) is 44.0 Å². The average molecular weight is 400 g/mol. The minimum absolute atomic E-state index is 0.0306. The van der Waals surface area contributed by atoms with Gasteiger partial charge < -0.3 is 9.73 Å². The van der Waals surface area contributed by atoms with E-state index in [4.69, 9.17) is 4.42 Å². The Morgan fingerprint density at radius 1 is 1.25 bits per heavy atom. The predicted molar refractivity (Wildman–Crippen MR) is 104 cm³/mol. The van der Waals surface area contributed by atoms with Gasteiger partial charge in [-0.05, 0) is 30.7 Å². The highest BCUT2D eigenvalue weighted by atomic mass is 32.2. The van der Waals surface area contributed by atoms with E-state index in [0.29, 0.717) is 24.1 Å². The average Bonchev–Trinajstić information content (AvgIpc) is 3.36. The predicted octanol–water partition coefficient (Wildman–Crippen LogP) is 2.31. The lowest BCUT2D eigenvalue weighted by atomic mass is 10.2. The second kappa shape index (κ2) is 9.70. The highest BCUT2D eigenvalue weighted by Gasteiger charge is 2.17. The maximum Gasteiger partial charge on any atom is 0.321 e. The maximum absolute atomic E-state index is 12.0. The highest BCUT2D eigenvalue weighted by Crippen LogP contribution is 2.24. The second-order valence-electron chi connectivity index (χ2n) is 5.81. The summed E-state index contributed by atoms with van der Waals surface area (Å²) in [4.78, 5) is 27.7. The molecule has 0 aliphatic rings. The molecule has 3 rings (SSSR count). The standard InChI is InChI=1S/C18H20N6O3S/c1-2-7-20-17(26)21-15(25)12-28-18-23-22-16(13-5-3-8-19-10-13)24(18)11-14-6-4-9-27-14/h3-6,8-10H,2,7,11-12H2,1H3,(H2,20,21,25,26). The Morgan fingerprint density at radius 3 is 2.86 bits per heavy atom. The second-order valence-corrected chi connectivity index (χ2v) is 6.75. The van der Waals surface area contributed by atoms with Crippen molar-refractivity contribution in [2.24, 2.45) is 0 Å². The first-order valence-corrected chi connectivity index (χ1v) is 9.72. The van der Waals surface area contributed by atoms with Crippen molar-refractivity contribution in [3.63, 3.8) is 0 Å². The van der Waals surface area contributed by atoms with Gasteiger partial charge in [0.05, 0.1) is 18.6 Å². The molecule has 28 heavy (non-hydrogen) atoms. The van der Waals surface area contributed by atoms with Crippen molar-refractivity contribution in [1.29, 1.82) is 0 Å². The maximum atomic E-state index is 12.0. The van der Waals surface area contributed by atoms with E-state index in [1.807, 2.05) is 29.7 Å². The number of thioether (sulfide) groups is 1. The first kappa shape index (κ1) is 19.6.